The largest absolute Gasteiger partial charge is 0.508 e. The number of hydrogen-bond acceptors (Lipinski definition) is 16. The van der Waals surface area contributed by atoms with Crippen LogP contribution in [0.1, 0.15) is 93.8 Å². The Hall–Kier alpha value is -7.31. The van der Waals surface area contributed by atoms with E-state index < -0.39 is 29.7 Å². The van der Waals surface area contributed by atoms with Gasteiger partial charge in [0.25, 0.3) is 5.88 Å². The lowest BCUT2D eigenvalue weighted by Crippen LogP contribution is -2.51. The van der Waals surface area contributed by atoms with Crippen LogP contribution in [0.2, 0.25) is 0 Å². The second-order valence-corrected chi connectivity index (χ2v) is 22.6. The Morgan fingerprint density at radius 1 is 0.975 bits per heavy atom. The molecule has 17 nitrogen and oxygen atoms in total. The van der Waals surface area contributed by atoms with Crippen LogP contribution in [0, 0.1) is 42.7 Å². The van der Waals surface area contributed by atoms with E-state index in [0.717, 1.165) is 66.9 Å². The van der Waals surface area contributed by atoms with Crippen molar-refractivity contribution >= 4 is 50.6 Å². The Kier molecular flexibility index (Phi) is 15.5. The monoisotopic (exact) mass is 1090 g/mol. The molecule has 2 unspecified atom stereocenters. The Labute approximate surface area is 460 Å². The van der Waals surface area contributed by atoms with Gasteiger partial charge in [0.2, 0.25) is 11.8 Å². The number of nitrogens with zero attached hydrogens (tertiary/aromatic N) is 8. The molecule has 0 radical (unpaired) electrons. The maximum absolute atomic E-state index is 17.0. The average Bonchev–Trinajstić information content (AvgIpc) is 4.30. The summed E-state index contributed by atoms with van der Waals surface area (Å²) in [5, 5.41) is 33.4. The van der Waals surface area contributed by atoms with E-state index in [2.05, 4.69) is 46.5 Å². The van der Waals surface area contributed by atoms with Crippen molar-refractivity contribution in [3.63, 3.8) is 0 Å². The number of carbonyl (C=O) groups excluding carboxylic acids is 2. The number of piperidine rings is 1. The number of pyridine rings is 1. The summed E-state index contributed by atoms with van der Waals surface area (Å²) in [5.74, 6) is 0.749. The maximum atomic E-state index is 17.0. The number of rotatable bonds is 17. The van der Waals surface area contributed by atoms with Gasteiger partial charge in [0.15, 0.2) is 11.6 Å². The summed E-state index contributed by atoms with van der Waals surface area (Å²) in [6.07, 6.45) is 11.3. The zero-order valence-corrected chi connectivity index (χ0v) is 45.4. The summed E-state index contributed by atoms with van der Waals surface area (Å²) in [6.45, 7) is 12.0. The zero-order chi connectivity index (χ0) is 55.1. The number of aromatic hydroxyl groups is 1. The van der Waals surface area contributed by atoms with E-state index in [4.69, 9.17) is 25.4 Å². The summed E-state index contributed by atoms with van der Waals surface area (Å²) in [4.78, 5) is 53.5. The fourth-order valence-electron chi connectivity index (χ4n) is 11.9. The SMILES string of the molecule is C#Cc1c(F)ccc2cc(O)cc(-c3ncc4c(N5CC6CCC(C5)N6)nc(OCCN5CCC(CCOc6cc([C@@H](C(=O)N7C[C@H](O)C[C@H]7C(=O)N[C@@H](C)c7ccc(-c8scnc8C)cc7)C(C)C)on6)CC5)nc4c3F)c12. The second kappa shape index (κ2) is 22.8. The number of ether oxygens (including phenoxy) is 2. The number of aliphatic hydroxyl groups is 1. The number of β-amino-alcohol motifs (C(OH)–C–C–N with tert-alkyl or cyclic N) is 1. The number of aryl methyl sites for hydroxylation is 1. The molecule has 3 aromatic carbocycles. The number of amides is 2. The Bertz CT molecular complexity index is 3420. The molecule has 20 heteroatoms. The second-order valence-electron chi connectivity index (χ2n) is 21.8. The Balaban J connectivity index is 0.687. The van der Waals surface area contributed by atoms with Gasteiger partial charge in [-0.15, -0.1) is 17.8 Å². The quantitative estimate of drug-likeness (QED) is 0.0634. The van der Waals surface area contributed by atoms with Crippen LogP contribution in [0.25, 0.3) is 43.4 Å². The number of aromatic nitrogens is 5. The van der Waals surface area contributed by atoms with Crippen LogP contribution < -0.4 is 25.0 Å². The third-order valence-corrected chi connectivity index (χ3v) is 17.1. The number of fused-ring (bicyclic) bond motifs is 4. The first-order valence-electron chi connectivity index (χ1n) is 27.2. The molecule has 4 N–H and O–H groups in total. The summed E-state index contributed by atoms with van der Waals surface area (Å²) in [5.41, 5.74) is 4.69. The third kappa shape index (κ3) is 11.2. The number of likely N-dealkylation sites (tertiary alicyclic amines) is 2. The zero-order valence-electron chi connectivity index (χ0n) is 44.6. The van der Waals surface area contributed by atoms with Crippen LogP contribution in [0.15, 0.2) is 70.8 Å². The average molecular weight is 1100 g/mol. The molecule has 7 aromatic rings. The lowest BCUT2D eigenvalue weighted by Gasteiger charge is -2.34. The highest BCUT2D eigenvalue weighted by Gasteiger charge is 2.44. The molecule has 4 aliphatic heterocycles. The van der Waals surface area contributed by atoms with E-state index in [1.165, 1.54) is 35.4 Å². The number of carbonyl (C=O) groups is 2. The number of piperazine rings is 1. The lowest BCUT2D eigenvalue weighted by molar-refractivity contribution is -0.141. The minimum atomic E-state index is -0.856. The number of aliphatic hydroxyl groups excluding tert-OH is 1. The molecule has 0 aliphatic carbocycles. The molecule has 4 aliphatic rings. The van der Waals surface area contributed by atoms with Crippen molar-refractivity contribution in [2.75, 3.05) is 57.4 Å². The Morgan fingerprint density at radius 2 is 1.75 bits per heavy atom. The normalized spacial score (nSPS) is 20.5. The van der Waals surface area contributed by atoms with Crippen molar-refractivity contribution in [1.82, 2.24) is 45.5 Å². The molecule has 4 saturated heterocycles. The van der Waals surface area contributed by atoms with Crippen molar-refractivity contribution in [2.45, 2.75) is 102 Å². The van der Waals surface area contributed by atoms with Gasteiger partial charge in [-0.2, -0.15) is 9.97 Å². The summed E-state index contributed by atoms with van der Waals surface area (Å²) >= 11 is 1.58. The van der Waals surface area contributed by atoms with E-state index in [1.807, 2.05) is 57.5 Å². The van der Waals surface area contributed by atoms with Gasteiger partial charge in [-0.3, -0.25) is 19.5 Å². The van der Waals surface area contributed by atoms with Crippen LogP contribution in [-0.4, -0.2) is 134 Å². The number of halogens is 2. The van der Waals surface area contributed by atoms with Crippen molar-refractivity contribution in [1.29, 1.82) is 0 Å². The predicted octanol–water partition coefficient (Wildman–Crippen LogP) is 8.31. The molecule has 0 spiro atoms. The van der Waals surface area contributed by atoms with Gasteiger partial charge < -0.3 is 44.6 Å². The number of benzene rings is 3. The molecule has 11 rings (SSSR count). The molecule has 2 amide bonds. The van der Waals surface area contributed by atoms with Gasteiger partial charge in [-0.25, -0.2) is 13.8 Å². The molecule has 0 saturated carbocycles. The molecule has 6 atom stereocenters. The van der Waals surface area contributed by atoms with E-state index in [-0.39, 0.29) is 101 Å². The minimum absolute atomic E-state index is 0.00567. The Morgan fingerprint density at radius 3 is 2.47 bits per heavy atom. The van der Waals surface area contributed by atoms with Gasteiger partial charge >= 0.3 is 6.01 Å². The van der Waals surface area contributed by atoms with Crippen LogP contribution in [0.3, 0.4) is 0 Å². The first kappa shape index (κ1) is 53.7. The van der Waals surface area contributed by atoms with Gasteiger partial charge in [-0.1, -0.05) is 50.1 Å². The maximum Gasteiger partial charge on any atom is 0.319 e. The molecular formula is C59H64F2N10O7S. The van der Waals surface area contributed by atoms with Crippen molar-refractivity contribution < 1.29 is 42.6 Å². The van der Waals surface area contributed by atoms with Gasteiger partial charge in [-0.05, 0) is 111 Å². The number of phenolic OH excluding ortho intramolecular Hbond substituents is 1. The van der Waals surface area contributed by atoms with Crippen LogP contribution in [-0.2, 0) is 9.59 Å². The molecule has 2 bridgehead atoms. The minimum Gasteiger partial charge on any atom is -0.508 e. The van der Waals surface area contributed by atoms with Crippen molar-refractivity contribution in [3.05, 3.63) is 101 Å². The first-order valence-corrected chi connectivity index (χ1v) is 28.1. The van der Waals surface area contributed by atoms with Gasteiger partial charge in [0, 0.05) is 67.9 Å². The van der Waals surface area contributed by atoms with Crippen LogP contribution in [0.4, 0.5) is 14.6 Å². The molecule has 79 heavy (non-hydrogen) atoms. The third-order valence-electron chi connectivity index (χ3n) is 16.1. The number of terminal acetylenes is 1. The number of thiazole rings is 1. The summed E-state index contributed by atoms with van der Waals surface area (Å²) < 4.78 is 50.1. The molecule has 4 aromatic heterocycles. The summed E-state index contributed by atoms with van der Waals surface area (Å²) in [7, 11) is 0. The lowest BCUT2D eigenvalue weighted by atomic mass is 9.91. The molecule has 4 fully saturated rings. The molecule has 412 valence electrons. The van der Waals surface area contributed by atoms with Crippen molar-refractivity contribution in [2.24, 2.45) is 11.8 Å². The topological polar surface area (TPSA) is 204 Å². The number of hydrogen-bond donors (Lipinski definition) is 4. The molecular weight excluding hydrogens is 1030 g/mol. The van der Waals surface area contributed by atoms with Crippen molar-refractivity contribution in [3.8, 4) is 51.7 Å². The highest BCUT2D eigenvalue weighted by Crippen LogP contribution is 2.40. The standard InChI is InChI=1S/C59H64F2N10O7S/c1-6-43-46(60)14-11-38-23-41(72)24-44(51(38)43)53-52(61)54-45(27-62-53)56(70-28-39-12-13-40(29-70)65-39)67-59(66-54)77-22-20-69-18-15-35(16-19-69)17-21-76-49-26-48(78-68-49)50(32(2)3)58(75)71-30-42(73)25-47(71)57(74)64-33(4)36-7-9-37(10-8-36)55-34(5)63-31-79-55/h1,7-11,14,23-24,26-27,31-33,35,39-40,42,47,50,65,72-73H,12-13,15-22,25,28-30H2,2-5H3,(H,64,74)/t33-,39?,40?,42+,47-,50-/m0/s1. The van der Waals surface area contributed by atoms with Gasteiger partial charge in [0.1, 0.15) is 47.2 Å². The fourth-order valence-corrected chi connectivity index (χ4v) is 12.7. The molecule has 8 heterocycles. The predicted molar refractivity (Wildman–Crippen MR) is 296 cm³/mol. The van der Waals surface area contributed by atoms with E-state index in [1.54, 1.807) is 17.4 Å². The fraction of sp³-hybridized carbons (Fsp3) is 0.441. The highest BCUT2D eigenvalue weighted by atomic mass is 32.1. The highest BCUT2D eigenvalue weighted by molar-refractivity contribution is 7.13. The smallest absolute Gasteiger partial charge is 0.319 e. The van der Waals surface area contributed by atoms with Crippen LogP contribution in [0.5, 0.6) is 17.6 Å². The van der Waals surface area contributed by atoms with E-state index in [9.17, 15) is 19.8 Å². The van der Waals surface area contributed by atoms with Crippen LogP contribution >= 0.6 is 11.3 Å². The van der Waals surface area contributed by atoms with E-state index >= 15 is 8.78 Å². The first-order chi connectivity index (χ1) is 38.2. The summed E-state index contributed by atoms with van der Waals surface area (Å²) in [6, 6.07) is 14.5. The van der Waals surface area contributed by atoms with Gasteiger partial charge in [0.05, 0.1) is 45.8 Å². The number of nitrogens with one attached hydrogen (secondary N) is 2. The number of anilines is 1. The van der Waals surface area contributed by atoms with E-state index in [0.29, 0.717) is 54.5 Å². The number of phenols is 1.